The van der Waals surface area contributed by atoms with E-state index in [1.54, 1.807) is 21.3 Å². The zero-order valence-electron chi connectivity index (χ0n) is 17.9. The number of ether oxygens (including phenoxy) is 4. The highest BCUT2D eigenvalue weighted by Gasteiger charge is 2.25. The molecule has 0 N–H and O–H groups in total. The molecule has 0 saturated carbocycles. The van der Waals surface area contributed by atoms with Crippen LogP contribution in [0.5, 0.6) is 17.2 Å². The van der Waals surface area contributed by atoms with Crippen molar-refractivity contribution in [2.45, 2.75) is 31.1 Å². The minimum absolute atomic E-state index is 0.0558. The standard InChI is InChI=1S/C21H27N3O5S/c1-13-10-24(11-14(2)29-13)20(25)12-30-19-7-6-16(22-23-19)15-8-17(26-3)21(28-5)18(9-15)27-4/h6-9,13-14H,10-12H2,1-5H3. The lowest BCUT2D eigenvalue weighted by Gasteiger charge is -2.35. The summed E-state index contributed by atoms with van der Waals surface area (Å²) in [7, 11) is 4.70. The van der Waals surface area contributed by atoms with Crippen LogP contribution in [0.4, 0.5) is 0 Å². The molecule has 1 saturated heterocycles. The number of morpholine rings is 1. The van der Waals surface area contributed by atoms with Crippen LogP contribution in [-0.4, -0.2) is 73.4 Å². The first kappa shape index (κ1) is 22.2. The molecule has 1 fully saturated rings. The highest BCUT2D eigenvalue weighted by atomic mass is 32.2. The highest BCUT2D eigenvalue weighted by Crippen LogP contribution is 2.40. The molecule has 1 aliphatic heterocycles. The Labute approximate surface area is 180 Å². The molecule has 2 aromatic rings. The summed E-state index contributed by atoms with van der Waals surface area (Å²) in [6, 6.07) is 7.36. The maximum atomic E-state index is 12.5. The lowest BCUT2D eigenvalue weighted by atomic mass is 10.1. The number of nitrogens with zero attached hydrogens (tertiary/aromatic N) is 3. The molecule has 2 atom stereocenters. The molecule has 30 heavy (non-hydrogen) atoms. The van der Waals surface area contributed by atoms with Crippen LogP contribution in [0.1, 0.15) is 13.8 Å². The van der Waals surface area contributed by atoms with Gasteiger partial charge in [-0.1, -0.05) is 11.8 Å². The Kier molecular flexibility index (Phi) is 7.38. The Morgan fingerprint density at radius 2 is 1.70 bits per heavy atom. The van der Waals surface area contributed by atoms with Crippen molar-refractivity contribution < 1.29 is 23.7 Å². The number of methoxy groups -OCH3 is 3. The summed E-state index contributed by atoms with van der Waals surface area (Å²) in [6.45, 7) is 5.21. The number of thioether (sulfide) groups is 1. The third kappa shape index (κ3) is 5.14. The number of benzene rings is 1. The van der Waals surface area contributed by atoms with Gasteiger partial charge in [-0.2, -0.15) is 0 Å². The molecule has 0 aliphatic carbocycles. The van der Waals surface area contributed by atoms with Gasteiger partial charge < -0.3 is 23.8 Å². The van der Waals surface area contributed by atoms with E-state index in [0.717, 1.165) is 5.56 Å². The molecule has 8 nitrogen and oxygen atoms in total. The van der Waals surface area contributed by atoms with Crippen molar-refractivity contribution >= 4 is 17.7 Å². The van der Waals surface area contributed by atoms with Crippen molar-refractivity contribution in [3.63, 3.8) is 0 Å². The number of hydrogen-bond acceptors (Lipinski definition) is 8. The van der Waals surface area contributed by atoms with Crippen LogP contribution in [0.15, 0.2) is 29.3 Å². The largest absolute Gasteiger partial charge is 0.493 e. The summed E-state index contributed by atoms with van der Waals surface area (Å²) in [5, 5.41) is 9.25. The molecule has 3 rings (SSSR count). The van der Waals surface area contributed by atoms with Crippen molar-refractivity contribution in [1.29, 1.82) is 0 Å². The SMILES string of the molecule is COc1cc(-c2ccc(SCC(=O)N3CC(C)OC(C)C3)nn2)cc(OC)c1OC. The lowest BCUT2D eigenvalue weighted by molar-refractivity contribution is -0.140. The van der Waals surface area contributed by atoms with Crippen molar-refractivity contribution in [1.82, 2.24) is 15.1 Å². The van der Waals surface area contributed by atoms with E-state index in [4.69, 9.17) is 18.9 Å². The molecule has 0 spiro atoms. The summed E-state index contributed by atoms with van der Waals surface area (Å²) < 4.78 is 21.8. The Balaban J connectivity index is 1.67. The summed E-state index contributed by atoms with van der Waals surface area (Å²) in [5.41, 5.74) is 1.46. The third-order valence-corrected chi connectivity index (χ3v) is 5.62. The second-order valence-electron chi connectivity index (χ2n) is 7.02. The van der Waals surface area contributed by atoms with Crippen LogP contribution in [0.3, 0.4) is 0 Å². The van der Waals surface area contributed by atoms with E-state index in [0.29, 0.717) is 46.8 Å². The van der Waals surface area contributed by atoms with E-state index in [1.807, 2.05) is 43.0 Å². The van der Waals surface area contributed by atoms with E-state index >= 15 is 0 Å². The number of rotatable bonds is 7. The van der Waals surface area contributed by atoms with E-state index in [9.17, 15) is 4.79 Å². The first-order chi connectivity index (χ1) is 14.4. The molecule has 1 amide bonds. The predicted molar refractivity (Wildman–Crippen MR) is 114 cm³/mol. The average molecular weight is 434 g/mol. The maximum Gasteiger partial charge on any atom is 0.233 e. The lowest BCUT2D eigenvalue weighted by Crippen LogP contribution is -2.48. The second-order valence-corrected chi connectivity index (χ2v) is 8.01. The van der Waals surface area contributed by atoms with Crippen LogP contribution in [0, 0.1) is 0 Å². The Bertz CT molecular complexity index is 842. The molecule has 2 heterocycles. The number of carbonyl (C=O) groups excluding carboxylic acids is 1. The van der Waals surface area contributed by atoms with Gasteiger partial charge in [0.05, 0.1) is 45.0 Å². The molecule has 1 aromatic carbocycles. The Hall–Kier alpha value is -2.52. The van der Waals surface area contributed by atoms with Gasteiger partial charge in [0.2, 0.25) is 11.7 Å². The fraction of sp³-hybridized carbons (Fsp3) is 0.476. The summed E-state index contributed by atoms with van der Waals surface area (Å²) in [6.07, 6.45) is 0.112. The zero-order chi connectivity index (χ0) is 21.7. The van der Waals surface area contributed by atoms with Crippen LogP contribution < -0.4 is 14.2 Å². The fourth-order valence-corrected chi connectivity index (χ4v) is 4.11. The molecule has 9 heteroatoms. The smallest absolute Gasteiger partial charge is 0.233 e. The summed E-state index contributed by atoms with van der Waals surface area (Å²) in [5.74, 6) is 2.02. The monoisotopic (exact) mass is 433 g/mol. The fourth-order valence-electron chi connectivity index (χ4n) is 3.39. The predicted octanol–water partition coefficient (Wildman–Crippen LogP) is 2.90. The number of amides is 1. The third-order valence-electron chi connectivity index (χ3n) is 4.72. The van der Waals surface area contributed by atoms with Crippen molar-refractivity contribution in [2.75, 3.05) is 40.2 Å². The number of carbonyl (C=O) groups is 1. The molecule has 1 aliphatic rings. The highest BCUT2D eigenvalue weighted by molar-refractivity contribution is 7.99. The van der Waals surface area contributed by atoms with Gasteiger partial charge in [-0.05, 0) is 38.1 Å². The van der Waals surface area contributed by atoms with E-state index < -0.39 is 0 Å². The van der Waals surface area contributed by atoms with Gasteiger partial charge in [0, 0.05) is 18.7 Å². The minimum Gasteiger partial charge on any atom is -0.493 e. The topological polar surface area (TPSA) is 83.0 Å². The minimum atomic E-state index is 0.0558. The van der Waals surface area contributed by atoms with Gasteiger partial charge in [-0.3, -0.25) is 4.79 Å². The molecule has 0 radical (unpaired) electrons. The number of aromatic nitrogens is 2. The van der Waals surface area contributed by atoms with Crippen LogP contribution >= 0.6 is 11.8 Å². The summed E-state index contributed by atoms with van der Waals surface area (Å²) in [4.78, 5) is 14.4. The van der Waals surface area contributed by atoms with Crippen LogP contribution in [0.2, 0.25) is 0 Å². The van der Waals surface area contributed by atoms with Crippen molar-refractivity contribution in [3.05, 3.63) is 24.3 Å². The van der Waals surface area contributed by atoms with Crippen molar-refractivity contribution in [3.8, 4) is 28.5 Å². The second kappa shape index (κ2) is 9.99. The average Bonchev–Trinajstić information content (AvgIpc) is 2.76. The van der Waals surface area contributed by atoms with E-state index in [-0.39, 0.29) is 18.1 Å². The van der Waals surface area contributed by atoms with Gasteiger partial charge in [0.15, 0.2) is 11.5 Å². The van der Waals surface area contributed by atoms with Gasteiger partial charge >= 0.3 is 0 Å². The first-order valence-electron chi connectivity index (χ1n) is 9.65. The molecule has 0 bridgehead atoms. The van der Waals surface area contributed by atoms with E-state index in [2.05, 4.69) is 10.2 Å². The quantitative estimate of drug-likeness (QED) is 0.617. The molecular weight excluding hydrogens is 406 g/mol. The molecule has 2 unspecified atom stereocenters. The van der Waals surface area contributed by atoms with E-state index in [1.165, 1.54) is 11.8 Å². The van der Waals surface area contributed by atoms with Gasteiger partial charge in [0.25, 0.3) is 0 Å². The zero-order valence-corrected chi connectivity index (χ0v) is 18.7. The normalized spacial score (nSPS) is 18.8. The number of hydrogen-bond donors (Lipinski definition) is 0. The Morgan fingerprint density at radius 3 is 2.20 bits per heavy atom. The van der Waals surface area contributed by atoms with Gasteiger partial charge in [0.1, 0.15) is 5.03 Å². The van der Waals surface area contributed by atoms with Gasteiger partial charge in [-0.25, -0.2) is 0 Å². The van der Waals surface area contributed by atoms with Crippen LogP contribution in [0.25, 0.3) is 11.3 Å². The summed E-state index contributed by atoms with van der Waals surface area (Å²) >= 11 is 1.37. The molecule has 162 valence electrons. The maximum absolute atomic E-state index is 12.5. The van der Waals surface area contributed by atoms with Gasteiger partial charge in [-0.15, -0.1) is 10.2 Å². The Morgan fingerprint density at radius 1 is 1.07 bits per heavy atom. The molecular formula is C21H27N3O5S. The van der Waals surface area contributed by atoms with Crippen LogP contribution in [-0.2, 0) is 9.53 Å². The molecule has 1 aromatic heterocycles. The first-order valence-corrected chi connectivity index (χ1v) is 10.6. The van der Waals surface area contributed by atoms with Crippen molar-refractivity contribution in [2.24, 2.45) is 0 Å².